The van der Waals surface area contributed by atoms with Crippen LogP contribution in [0.25, 0.3) is 0 Å². The average Bonchev–Trinajstić information content (AvgIpc) is 2.49. The monoisotopic (exact) mass is 268 g/mol. The molecule has 102 valence electrons. The van der Waals surface area contributed by atoms with Gasteiger partial charge in [0.1, 0.15) is 5.75 Å². The molecule has 0 aliphatic rings. The lowest BCUT2D eigenvalue weighted by Crippen LogP contribution is -2.11. The van der Waals surface area contributed by atoms with Crippen LogP contribution in [0.2, 0.25) is 0 Å². The molecule has 3 heteroatoms. The Morgan fingerprint density at radius 1 is 1.05 bits per heavy atom. The van der Waals surface area contributed by atoms with Crippen LogP contribution >= 0.6 is 0 Å². The highest BCUT2D eigenvalue weighted by Gasteiger charge is 2.15. The lowest BCUT2D eigenvalue weighted by atomic mass is 10.0. The summed E-state index contributed by atoms with van der Waals surface area (Å²) in [6, 6.07) is 14.0. The van der Waals surface area contributed by atoms with Crippen molar-refractivity contribution < 1.29 is 14.3 Å². The zero-order chi connectivity index (χ0) is 14.5. The van der Waals surface area contributed by atoms with Crippen LogP contribution < -0.4 is 4.74 Å². The molecule has 0 radical (unpaired) electrons. The number of carbonyl (C=O) groups excluding carboxylic acids is 2. The van der Waals surface area contributed by atoms with Crippen LogP contribution in [-0.2, 0) is 0 Å². The molecule has 0 bridgehead atoms. The largest absolute Gasteiger partial charge is 0.422 e. The number of carbonyl (C=O) groups is 2. The second-order valence-electron chi connectivity index (χ2n) is 4.53. The molecule has 2 aromatic carbocycles. The number of esters is 1. The predicted molar refractivity (Wildman–Crippen MR) is 77.2 cm³/mol. The lowest BCUT2D eigenvalue weighted by molar-refractivity contribution is 0.0732. The first-order valence-corrected chi connectivity index (χ1v) is 6.53. The molecule has 0 heterocycles. The van der Waals surface area contributed by atoms with Gasteiger partial charge in [-0.25, -0.2) is 4.79 Å². The van der Waals surface area contributed by atoms with Gasteiger partial charge in [-0.15, -0.1) is 0 Å². The van der Waals surface area contributed by atoms with Crippen LogP contribution in [0.3, 0.4) is 0 Å². The zero-order valence-electron chi connectivity index (χ0n) is 11.6. The molecule has 0 fully saturated rings. The first kappa shape index (κ1) is 14.0. The summed E-state index contributed by atoms with van der Waals surface area (Å²) in [5.41, 5.74) is 1.88. The van der Waals surface area contributed by atoms with Gasteiger partial charge in [-0.2, -0.15) is 0 Å². The molecule has 3 nitrogen and oxygen atoms in total. The Bertz CT molecular complexity index is 630. The normalized spacial score (nSPS) is 10.1. The van der Waals surface area contributed by atoms with Gasteiger partial charge >= 0.3 is 5.97 Å². The van der Waals surface area contributed by atoms with Crippen molar-refractivity contribution in [1.82, 2.24) is 0 Å². The third-order valence-electron chi connectivity index (χ3n) is 2.97. The third-order valence-corrected chi connectivity index (χ3v) is 2.97. The fraction of sp³-hybridized carbons (Fsp3) is 0.176. The molecule has 0 aromatic heterocycles. The lowest BCUT2D eigenvalue weighted by Gasteiger charge is -2.09. The minimum Gasteiger partial charge on any atom is -0.422 e. The van der Waals surface area contributed by atoms with Gasteiger partial charge in [0.2, 0.25) is 0 Å². The number of ketones is 1. The summed E-state index contributed by atoms with van der Waals surface area (Å²) in [6.07, 6.45) is 0.374. The summed E-state index contributed by atoms with van der Waals surface area (Å²) < 4.78 is 5.35. The molecule has 0 unspecified atom stereocenters. The number of benzene rings is 2. The van der Waals surface area contributed by atoms with Gasteiger partial charge in [-0.05, 0) is 31.2 Å². The van der Waals surface area contributed by atoms with Gasteiger partial charge in [-0.1, -0.05) is 36.8 Å². The van der Waals surface area contributed by atoms with Crippen molar-refractivity contribution in [2.75, 3.05) is 0 Å². The highest BCUT2D eigenvalue weighted by atomic mass is 16.5. The summed E-state index contributed by atoms with van der Waals surface area (Å²) in [5, 5.41) is 0. The maximum Gasteiger partial charge on any atom is 0.343 e. The molecule has 0 N–H and O–H groups in total. The molecule has 0 aliphatic heterocycles. The molecule has 20 heavy (non-hydrogen) atoms. The molecule has 0 aliphatic carbocycles. The van der Waals surface area contributed by atoms with Gasteiger partial charge < -0.3 is 4.74 Å². The van der Waals surface area contributed by atoms with E-state index in [-0.39, 0.29) is 5.78 Å². The van der Waals surface area contributed by atoms with Crippen molar-refractivity contribution in [3.63, 3.8) is 0 Å². The predicted octanol–water partition coefficient (Wildman–Crippen LogP) is 3.81. The molecule has 0 amide bonds. The van der Waals surface area contributed by atoms with E-state index >= 15 is 0 Å². The molecular weight excluding hydrogens is 252 g/mol. The number of Topliss-reactive ketones (excluding diaryl/α,β-unsaturated/α-hetero) is 1. The molecule has 0 spiro atoms. The van der Waals surface area contributed by atoms with Crippen molar-refractivity contribution in [3.8, 4) is 5.75 Å². The summed E-state index contributed by atoms with van der Waals surface area (Å²) in [4.78, 5) is 23.9. The highest BCUT2D eigenvalue weighted by molar-refractivity contribution is 6.00. The van der Waals surface area contributed by atoms with E-state index in [2.05, 4.69) is 0 Å². The minimum atomic E-state index is -0.459. The molecular formula is C17H16O3. The first-order chi connectivity index (χ1) is 9.61. The van der Waals surface area contributed by atoms with Crippen molar-refractivity contribution in [3.05, 3.63) is 65.2 Å². The first-order valence-electron chi connectivity index (χ1n) is 6.53. The Kier molecular flexibility index (Phi) is 4.31. The van der Waals surface area contributed by atoms with Crippen LogP contribution in [0.4, 0.5) is 0 Å². The summed E-state index contributed by atoms with van der Waals surface area (Å²) in [6.45, 7) is 3.68. The number of ether oxygens (including phenoxy) is 1. The van der Waals surface area contributed by atoms with Crippen molar-refractivity contribution in [1.29, 1.82) is 0 Å². The van der Waals surface area contributed by atoms with Gasteiger partial charge in [0.05, 0.1) is 11.1 Å². The Morgan fingerprint density at radius 3 is 2.40 bits per heavy atom. The summed E-state index contributed by atoms with van der Waals surface area (Å²) in [7, 11) is 0. The summed E-state index contributed by atoms with van der Waals surface area (Å²) in [5.74, 6) is -0.180. The van der Waals surface area contributed by atoms with E-state index in [1.807, 2.05) is 19.1 Å². The maximum atomic E-state index is 12.0. The SMILES string of the molecule is CCC(=O)c1cc(C)ccc1OC(=O)c1ccccc1. The summed E-state index contributed by atoms with van der Waals surface area (Å²) >= 11 is 0. The quantitative estimate of drug-likeness (QED) is 0.481. The van der Waals surface area contributed by atoms with Crippen molar-refractivity contribution >= 4 is 11.8 Å². The smallest absolute Gasteiger partial charge is 0.343 e. The Morgan fingerprint density at radius 2 is 1.75 bits per heavy atom. The highest BCUT2D eigenvalue weighted by Crippen LogP contribution is 2.22. The minimum absolute atomic E-state index is 0.0374. The standard InChI is InChI=1S/C17H16O3/c1-3-15(18)14-11-12(2)9-10-16(14)20-17(19)13-7-5-4-6-8-13/h4-11H,3H2,1-2H3. The molecule has 0 saturated carbocycles. The Balaban J connectivity index is 2.30. The van der Waals surface area contributed by atoms with E-state index in [0.717, 1.165) is 5.56 Å². The fourth-order valence-electron chi connectivity index (χ4n) is 1.87. The Labute approximate surface area is 118 Å². The van der Waals surface area contributed by atoms with Crippen LogP contribution in [0.1, 0.15) is 39.6 Å². The van der Waals surface area contributed by atoms with Gasteiger partial charge in [0, 0.05) is 6.42 Å². The number of hydrogen-bond donors (Lipinski definition) is 0. The second kappa shape index (κ2) is 6.15. The van der Waals surface area contributed by atoms with Crippen LogP contribution in [-0.4, -0.2) is 11.8 Å². The number of aryl methyl sites for hydroxylation is 1. The van der Waals surface area contributed by atoms with E-state index in [9.17, 15) is 9.59 Å². The number of hydrogen-bond acceptors (Lipinski definition) is 3. The van der Waals surface area contributed by atoms with Gasteiger partial charge in [0.15, 0.2) is 5.78 Å². The fourth-order valence-corrected chi connectivity index (χ4v) is 1.87. The molecule has 0 atom stereocenters. The van der Waals surface area contributed by atoms with E-state index in [0.29, 0.717) is 23.3 Å². The maximum absolute atomic E-state index is 12.0. The van der Waals surface area contributed by atoms with Crippen molar-refractivity contribution in [2.24, 2.45) is 0 Å². The average molecular weight is 268 g/mol. The zero-order valence-corrected chi connectivity index (χ0v) is 11.6. The topological polar surface area (TPSA) is 43.4 Å². The van der Waals surface area contributed by atoms with E-state index < -0.39 is 5.97 Å². The van der Waals surface area contributed by atoms with Gasteiger partial charge in [0.25, 0.3) is 0 Å². The van der Waals surface area contributed by atoms with Crippen LogP contribution in [0.15, 0.2) is 48.5 Å². The van der Waals surface area contributed by atoms with E-state index in [1.54, 1.807) is 43.3 Å². The Hall–Kier alpha value is -2.42. The molecule has 0 saturated heterocycles. The molecule has 2 aromatic rings. The van der Waals surface area contributed by atoms with Crippen LogP contribution in [0.5, 0.6) is 5.75 Å². The van der Waals surface area contributed by atoms with Crippen LogP contribution in [0, 0.1) is 6.92 Å². The van der Waals surface area contributed by atoms with E-state index in [1.165, 1.54) is 0 Å². The van der Waals surface area contributed by atoms with Crippen molar-refractivity contribution in [2.45, 2.75) is 20.3 Å². The van der Waals surface area contributed by atoms with Gasteiger partial charge in [-0.3, -0.25) is 4.79 Å². The number of rotatable bonds is 4. The second-order valence-corrected chi connectivity index (χ2v) is 4.53. The third kappa shape index (κ3) is 3.12. The molecule has 2 rings (SSSR count). The van der Waals surface area contributed by atoms with E-state index in [4.69, 9.17) is 4.74 Å².